The van der Waals surface area contributed by atoms with Gasteiger partial charge in [-0.05, 0) is 6.92 Å². The summed E-state index contributed by atoms with van der Waals surface area (Å²) in [6.45, 7) is 1.76. The van der Waals surface area contributed by atoms with Crippen molar-refractivity contribution in [2.24, 2.45) is 0 Å². The van der Waals surface area contributed by atoms with Crippen LogP contribution in [0.1, 0.15) is 24.5 Å². The maximum Gasteiger partial charge on any atom is 0.321 e. The molecular formula is C10H13N3O5. The summed E-state index contributed by atoms with van der Waals surface area (Å²) >= 11 is 0. The average molecular weight is 255 g/mol. The topological polar surface area (TPSA) is 122 Å². The number of carbonyl (C=O) groups is 3. The Balaban J connectivity index is 2.25. The summed E-state index contributed by atoms with van der Waals surface area (Å²) in [5.74, 6) is -0.815. The Morgan fingerprint density at radius 3 is 2.67 bits per heavy atom. The van der Waals surface area contributed by atoms with E-state index >= 15 is 0 Å². The summed E-state index contributed by atoms with van der Waals surface area (Å²) in [5.41, 5.74) is 0. The number of hydrogen-bond donors (Lipinski definition) is 3. The van der Waals surface area contributed by atoms with Gasteiger partial charge in [0.15, 0.2) is 0 Å². The van der Waals surface area contributed by atoms with E-state index in [-0.39, 0.29) is 19.4 Å². The van der Waals surface area contributed by atoms with Gasteiger partial charge >= 0.3 is 12.0 Å². The monoisotopic (exact) mass is 255 g/mol. The number of carbonyl (C=O) groups excluding carboxylic acids is 2. The van der Waals surface area contributed by atoms with Crippen molar-refractivity contribution in [3.63, 3.8) is 0 Å². The summed E-state index contributed by atoms with van der Waals surface area (Å²) in [7, 11) is 0. The molecule has 0 radical (unpaired) electrons. The summed E-state index contributed by atoms with van der Waals surface area (Å²) in [4.78, 5) is 36.4. The van der Waals surface area contributed by atoms with Gasteiger partial charge in [-0.25, -0.2) is 9.78 Å². The van der Waals surface area contributed by atoms with Crippen molar-refractivity contribution in [3.8, 4) is 0 Å². The molecule has 8 nitrogen and oxygen atoms in total. The number of oxazole rings is 1. The number of nitrogens with one attached hydrogen (secondary N) is 2. The van der Waals surface area contributed by atoms with Gasteiger partial charge in [0, 0.05) is 6.42 Å². The average Bonchev–Trinajstić information content (AvgIpc) is 2.70. The Kier molecular flexibility index (Phi) is 4.85. The van der Waals surface area contributed by atoms with Gasteiger partial charge in [0.2, 0.25) is 11.8 Å². The third-order valence-corrected chi connectivity index (χ3v) is 1.89. The third-order valence-electron chi connectivity index (χ3n) is 1.89. The Labute approximate surface area is 102 Å². The molecule has 3 N–H and O–H groups in total. The van der Waals surface area contributed by atoms with Gasteiger partial charge in [-0.1, -0.05) is 0 Å². The molecule has 0 saturated carbocycles. The predicted octanol–water partition coefficient (Wildman–Crippen LogP) is 0.174. The van der Waals surface area contributed by atoms with Gasteiger partial charge in [0.25, 0.3) is 0 Å². The van der Waals surface area contributed by atoms with Crippen molar-refractivity contribution in [2.45, 2.75) is 26.3 Å². The zero-order valence-electron chi connectivity index (χ0n) is 9.73. The van der Waals surface area contributed by atoms with E-state index in [1.54, 1.807) is 6.92 Å². The highest BCUT2D eigenvalue weighted by molar-refractivity contribution is 5.95. The quantitative estimate of drug-likeness (QED) is 0.689. The second kappa shape index (κ2) is 6.38. The van der Waals surface area contributed by atoms with Crippen LogP contribution in [0.5, 0.6) is 0 Å². The molecule has 0 atom stereocenters. The number of aromatic nitrogens is 1. The molecule has 0 aliphatic heterocycles. The van der Waals surface area contributed by atoms with E-state index in [2.05, 4.69) is 10.3 Å². The lowest BCUT2D eigenvalue weighted by molar-refractivity contribution is -0.138. The fraction of sp³-hybridized carbons (Fsp3) is 0.400. The second-order valence-electron chi connectivity index (χ2n) is 3.49. The largest absolute Gasteiger partial charge is 0.481 e. The van der Waals surface area contributed by atoms with Crippen LogP contribution >= 0.6 is 0 Å². The number of aryl methyl sites for hydroxylation is 1. The molecule has 8 heteroatoms. The zero-order chi connectivity index (χ0) is 13.5. The molecule has 1 aromatic heterocycles. The molecule has 0 spiro atoms. The number of hydrogen-bond acceptors (Lipinski definition) is 5. The van der Waals surface area contributed by atoms with Crippen molar-refractivity contribution in [1.29, 1.82) is 0 Å². The summed E-state index contributed by atoms with van der Waals surface area (Å²) in [5, 5.41) is 12.7. The molecular weight excluding hydrogens is 242 g/mol. The lowest BCUT2D eigenvalue weighted by Crippen LogP contribution is -2.39. The standard InChI is InChI=1S/C10H13N3O5/c1-6-4-11-8(18-6)5-12-10(17)13-7(14)2-3-9(15)16/h4H,2-3,5H2,1H3,(H,15,16)(H2,12,13,14,17). The van der Waals surface area contributed by atoms with Crippen LogP contribution in [0.25, 0.3) is 0 Å². The summed E-state index contributed by atoms with van der Waals surface area (Å²) < 4.78 is 5.10. The highest BCUT2D eigenvalue weighted by Crippen LogP contribution is 2.00. The van der Waals surface area contributed by atoms with Crippen LogP contribution in [0, 0.1) is 6.92 Å². The zero-order valence-corrected chi connectivity index (χ0v) is 9.73. The van der Waals surface area contributed by atoms with Crippen LogP contribution in [0.15, 0.2) is 10.6 Å². The van der Waals surface area contributed by atoms with Gasteiger partial charge in [0.1, 0.15) is 5.76 Å². The molecule has 3 amide bonds. The molecule has 0 unspecified atom stereocenters. The van der Waals surface area contributed by atoms with E-state index in [0.29, 0.717) is 11.7 Å². The highest BCUT2D eigenvalue weighted by atomic mass is 16.4. The molecule has 0 aliphatic carbocycles. The molecule has 1 rings (SSSR count). The van der Waals surface area contributed by atoms with Crippen molar-refractivity contribution >= 4 is 17.9 Å². The third kappa shape index (κ3) is 5.10. The summed E-state index contributed by atoms with van der Waals surface area (Å²) in [6.07, 6.45) is 0.936. The first-order valence-corrected chi connectivity index (χ1v) is 5.18. The minimum absolute atomic E-state index is 0.0475. The maximum absolute atomic E-state index is 11.2. The van der Waals surface area contributed by atoms with Gasteiger partial charge in [-0.15, -0.1) is 0 Å². The molecule has 1 heterocycles. The van der Waals surface area contributed by atoms with Crippen LogP contribution in [0.4, 0.5) is 4.79 Å². The molecule has 0 aliphatic rings. The fourth-order valence-corrected chi connectivity index (χ4v) is 1.09. The molecule has 98 valence electrons. The van der Waals surface area contributed by atoms with Crippen molar-refractivity contribution in [1.82, 2.24) is 15.6 Å². The second-order valence-corrected chi connectivity index (χ2v) is 3.49. The van der Waals surface area contributed by atoms with Gasteiger partial charge < -0.3 is 14.8 Å². The van der Waals surface area contributed by atoms with Crippen LogP contribution in [-0.2, 0) is 16.1 Å². The first-order chi connectivity index (χ1) is 8.47. The molecule has 0 fully saturated rings. The number of amides is 3. The number of imide groups is 1. The van der Waals surface area contributed by atoms with E-state index in [9.17, 15) is 14.4 Å². The SMILES string of the molecule is Cc1cnc(CNC(=O)NC(=O)CCC(=O)O)o1. The smallest absolute Gasteiger partial charge is 0.321 e. The number of urea groups is 1. The highest BCUT2D eigenvalue weighted by Gasteiger charge is 2.10. The predicted molar refractivity (Wildman–Crippen MR) is 58.5 cm³/mol. The van der Waals surface area contributed by atoms with E-state index in [1.807, 2.05) is 5.32 Å². The van der Waals surface area contributed by atoms with Crippen LogP contribution < -0.4 is 10.6 Å². The Hall–Kier alpha value is -2.38. The summed E-state index contributed by atoms with van der Waals surface area (Å²) in [6, 6.07) is -0.721. The van der Waals surface area contributed by atoms with Gasteiger partial charge in [-0.3, -0.25) is 14.9 Å². The van der Waals surface area contributed by atoms with Crippen LogP contribution in [-0.4, -0.2) is 28.0 Å². The van der Waals surface area contributed by atoms with Crippen molar-refractivity contribution < 1.29 is 23.9 Å². The van der Waals surface area contributed by atoms with E-state index in [1.165, 1.54) is 6.20 Å². The number of aliphatic carboxylic acids is 1. The molecule has 1 aromatic rings. The number of rotatable bonds is 5. The van der Waals surface area contributed by atoms with E-state index in [0.717, 1.165) is 0 Å². The Morgan fingerprint density at radius 2 is 2.11 bits per heavy atom. The molecule has 18 heavy (non-hydrogen) atoms. The Bertz CT molecular complexity index is 454. The Morgan fingerprint density at radius 1 is 1.39 bits per heavy atom. The molecule has 0 bridgehead atoms. The lowest BCUT2D eigenvalue weighted by atomic mass is 10.3. The first kappa shape index (κ1) is 13.7. The van der Waals surface area contributed by atoms with E-state index < -0.39 is 17.9 Å². The van der Waals surface area contributed by atoms with Gasteiger partial charge in [-0.2, -0.15) is 0 Å². The lowest BCUT2D eigenvalue weighted by Gasteiger charge is -2.03. The minimum atomic E-state index is -1.10. The number of carboxylic acid groups (broad SMARTS) is 1. The molecule has 0 saturated heterocycles. The molecule has 0 aromatic carbocycles. The first-order valence-electron chi connectivity index (χ1n) is 5.18. The van der Waals surface area contributed by atoms with E-state index in [4.69, 9.17) is 9.52 Å². The fourth-order valence-electron chi connectivity index (χ4n) is 1.09. The normalized spacial score (nSPS) is 9.83. The van der Waals surface area contributed by atoms with Crippen LogP contribution in [0.3, 0.4) is 0 Å². The van der Waals surface area contributed by atoms with Crippen molar-refractivity contribution in [2.75, 3.05) is 0 Å². The number of carboxylic acids is 1. The minimum Gasteiger partial charge on any atom is -0.481 e. The van der Waals surface area contributed by atoms with Gasteiger partial charge in [0.05, 0.1) is 19.2 Å². The number of nitrogens with zero attached hydrogens (tertiary/aromatic N) is 1. The van der Waals surface area contributed by atoms with Crippen LogP contribution in [0.2, 0.25) is 0 Å². The maximum atomic E-state index is 11.2. The van der Waals surface area contributed by atoms with Crippen molar-refractivity contribution in [3.05, 3.63) is 17.8 Å².